The van der Waals surface area contributed by atoms with Crippen LogP contribution in [0.2, 0.25) is 0 Å². The van der Waals surface area contributed by atoms with Crippen LogP contribution >= 0.6 is 0 Å². The molecule has 1 aliphatic heterocycles. The topological polar surface area (TPSA) is 15.3 Å². The van der Waals surface area contributed by atoms with Crippen LogP contribution in [-0.2, 0) is 0 Å². The quantitative estimate of drug-likeness (QED) is 0.728. The molecule has 1 rings (SSSR count). The largest absolute Gasteiger partial charge is 0.314 e. The molecular weight excluding hydrogens is 184 g/mol. The van der Waals surface area contributed by atoms with Crippen LogP contribution in [0.5, 0.6) is 0 Å². The van der Waals surface area contributed by atoms with E-state index in [1.165, 1.54) is 51.9 Å². The van der Waals surface area contributed by atoms with Gasteiger partial charge in [0, 0.05) is 6.04 Å². The molecule has 1 aliphatic rings. The molecule has 2 heteroatoms. The molecule has 1 heterocycles. The van der Waals surface area contributed by atoms with Gasteiger partial charge in [-0.05, 0) is 64.7 Å². The average molecular weight is 212 g/mol. The van der Waals surface area contributed by atoms with Crippen LogP contribution in [0.3, 0.4) is 0 Å². The van der Waals surface area contributed by atoms with Gasteiger partial charge < -0.3 is 10.2 Å². The van der Waals surface area contributed by atoms with Crippen LogP contribution in [0.15, 0.2) is 0 Å². The molecule has 1 atom stereocenters. The maximum Gasteiger partial charge on any atom is 0.00361 e. The molecule has 0 aromatic rings. The first-order valence-corrected chi connectivity index (χ1v) is 6.72. The molecular formula is C13H28N2. The molecule has 0 saturated carbocycles. The van der Waals surface area contributed by atoms with E-state index in [1.54, 1.807) is 0 Å². The monoisotopic (exact) mass is 212 g/mol. The van der Waals surface area contributed by atoms with Crippen LogP contribution in [0, 0.1) is 5.92 Å². The molecule has 0 aromatic heterocycles. The van der Waals surface area contributed by atoms with Gasteiger partial charge in [-0.2, -0.15) is 0 Å². The molecule has 2 nitrogen and oxygen atoms in total. The predicted molar refractivity (Wildman–Crippen MR) is 67.2 cm³/mol. The Morgan fingerprint density at radius 3 is 2.47 bits per heavy atom. The van der Waals surface area contributed by atoms with Gasteiger partial charge in [0.15, 0.2) is 0 Å². The first-order chi connectivity index (χ1) is 7.26. The van der Waals surface area contributed by atoms with Crippen molar-refractivity contribution in [3.8, 4) is 0 Å². The fourth-order valence-corrected chi connectivity index (χ4v) is 2.27. The second-order valence-corrected chi connectivity index (χ2v) is 4.93. The van der Waals surface area contributed by atoms with Crippen molar-refractivity contribution in [2.75, 3.05) is 26.2 Å². The summed E-state index contributed by atoms with van der Waals surface area (Å²) in [5, 5.41) is 3.59. The molecule has 0 aliphatic carbocycles. The normalized spacial score (nSPS) is 21.8. The fraction of sp³-hybridized carbons (Fsp3) is 1.00. The molecule has 0 amide bonds. The van der Waals surface area contributed by atoms with Gasteiger partial charge in [0.2, 0.25) is 0 Å². The van der Waals surface area contributed by atoms with Gasteiger partial charge in [-0.1, -0.05) is 13.8 Å². The number of piperidine rings is 1. The third kappa shape index (κ3) is 4.98. The van der Waals surface area contributed by atoms with Crippen LogP contribution in [0.4, 0.5) is 0 Å². The van der Waals surface area contributed by atoms with Gasteiger partial charge in [0.1, 0.15) is 0 Å². The summed E-state index contributed by atoms with van der Waals surface area (Å²) in [5.74, 6) is 0.976. The summed E-state index contributed by atoms with van der Waals surface area (Å²) in [7, 11) is 0. The van der Waals surface area contributed by atoms with Gasteiger partial charge in [-0.25, -0.2) is 0 Å². The smallest absolute Gasteiger partial charge is 0.00361 e. The Labute approximate surface area is 95.4 Å². The Balaban J connectivity index is 2.03. The lowest BCUT2D eigenvalue weighted by Crippen LogP contribution is -2.35. The summed E-state index contributed by atoms with van der Waals surface area (Å²) in [5.41, 5.74) is 0. The fourth-order valence-electron chi connectivity index (χ4n) is 2.27. The van der Waals surface area contributed by atoms with Gasteiger partial charge in [-0.15, -0.1) is 0 Å². The predicted octanol–water partition coefficient (Wildman–Crippen LogP) is 2.50. The van der Waals surface area contributed by atoms with Crippen LogP contribution < -0.4 is 5.32 Å². The Morgan fingerprint density at radius 2 is 1.93 bits per heavy atom. The van der Waals surface area contributed by atoms with E-state index in [2.05, 4.69) is 31.0 Å². The van der Waals surface area contributed by atoms with E-state index in [1.807, 2.05) is 0 Å². The molecule has 1 fully saturated rings. The zero-order valence-corrected chi connectivity index (χ0v) is 10.8. The summed E-state index contributed by atoms with van der Waals surface area (Å²) >= 11 is 0. The van der Waals surface area contributed by atoms with Crippen molar-refractivity contribution in [2.24, 2.45) is 5.92 Å². The van der Waals surface area contributed by atoms with Crippen LogP contribution in [0.25, 0.3) is 0 Å². The summed E-state index contributed by atoms with van der Waals surface area (Å²) in [6.45, 7) is 11.9. The van der Waals surface area contributed by atoms with Gasteiger partial charge in [0.25, 0.3) is 0 Å². The van der Waals surface area contributed by atoms with Crippen molar-refractivity contribution in [3.05, 3.63) is 0 Å². The van der Waals surface area contributed by atoms with E-state index in [0.717, 1.165) is 5.92 Å². The van der Waals surface area contributed by atoms with Gasteiger partial charge in [-0.3, -0.25) is 0 Å². The second kappa shape index (κ2) is 7.24. The van der Waals surface area contributed by atoms with E-state index in [4.69, 9.17) is 0 Å². The standard InChI is InChI=1S/C13H28N2/c1-4-12(3)14-9-6-13-7-10-15(5-2)11-8-13/h12-14H,4-11H2,1-3H3. The number of likely N-dealkylation sites (tertiary alicyclic amines) is 1. The number of nitrogens with one attached hydrogen (secondary N) is 1. The third-order valence-corrected chi connectivity index (χ3v) is 3.81. The molecule has 1 saturated heterocycles. The average Bonchev–Trinajstić information content (AvgIpc) is 2.29. The second-order valence-electron chi connectivity index (χ2n) is 4.93. The van der Waals surface area contributed by atoms with Crippen LogP contribution in [-0.4, -0.2) is 37.1 Å². The molecule has 15 heavy (non-hydrogen) atoms. The van der Waals surface area contributed by atoms with E-state index in [9.17, 15) is 0 Å². The maximum atomic E-state index is 3.59. The lowest BCUT2D eigenvalue weighted by molar-refractivity contribution is 0.185. The minimum absolute atomic E-state index is 0.695. The lowest BCUT2D eigenvalue weighted by atomic mass is 9.93. The molecule has 0 bridgehead atoms. The van der Waals surface area contributed by atoms with E-state index < -0.39 is 0 Å². The summed E-state index contributed by atoms with van der Waals surface area (Å²) in [6.07, 6.45) is 5.45. The van der Waals surface area contributed by atoms with Crippen molar-refractivity contribution in [3.63, 3.8) is 0 Å². The third-order valence-electron chi connectivity index (χ3n) is 3.81. The Hall–Kier alpha value is -0.0800. The zero-order valence-electron chi connectivity index (χ0n) is 10.8. The summed E-state index contributed by atoms with van der Waals surface area (Å²) < 4.78 is 0. The van der Waals surface area contributed by atoms with E-state index in [0.29, 0.717) is 6.04 Å². The van der Waals surface area contributed by atoms with Crippen molar-refractivity contribution >= 4 is 0 Å². The highest BCUT2D eigenvalue weighted by atomic mass is 15.1. The SMILES string of the molecule is CCC(C)NCCC1CCN(CC)CC1. The molecule has 1 N–H and O–H groups in total. The first kappa shape index (κ1) is 13.0. The number of hydrogen-bond acceptors (Lipinski definition) is 2. The zero-order chi connectivity index (χ0) is 11.1. The van der Waals surface area contributed by atoms with Gasteiger partial charge in [0.05, 0.1) is 0 Å². The summed E-state index contributed by atoms with van der Waals surface area (Å²) in [4.78, 5) is 2.57. The van der Waals surface area contributed by atoms with Crippen molar-refractivity contribution in [1.82, 2.24) is 10.2 Å². The minimum atomic E-state index is 0.695. The van der Waals surface area contributed by atoms with Crippen molar-refractivity contribution < 1.29 is 0 Å². The number of hydrogen-bond donors (Lipinski definition) is 1. The number of rotatable bonds is 6. The van der Waals surface area contributed by atoms with Crippen LogP contribution in [0.1, 0.15) is 46.5 Å². The van der Waals surface area contributed by atoms with E-state index in [-0.39, 0.29) is 0 Å². The van der Waals surface area contributed by atoms with E-state index >= 15 is 0 Å². The highest BCUT2D eigenvalue weighted by Gasteiger charge is 2.17. The molecule has 0 aromatic carbocycles. The minimum Gasteiger partial charge on any atom is -0.314 e. The molecule has 90 valence electrons. The molecule has 1 unspecified atom stereocenters. The van der Waals surface area contributed by atoms with Crippen molar-refractivity contribution in [2.45, 2.75) is 52.5 Å². The van der Waals surface area contributed by atoms with Crippen molar-refractivity contribution in [1.29, 1.82) is 0 Å². The van der Waals surface area contributed by atoms with Gasteiger partial charge >= 0.3 is 0 Å². The Morgan fingerprint density at radius 1 is 1.27 bits per heavy atom. The maximum absolute atomic E-state index is 3.59. The highest BCUT2D eigenvalue weighted by molar-refractivity contribution is 4.72. The lowest BCUT2D eigenvalue weighted by Gasteiger charge is -2.31. The highest BCUT2D eigenvalue weighted by Crippen LogP contribution is 2.19. The number of nitrogens with zero attached hydrogens (tertiary/aromatic N) is 1. The summed E-state index contributed by atoms with van der Waals surface area (Å²) in [6, 6.07) is 0.695. The molecule has 0 spiro atoms. The Bertz CT molecular complexity index is 151. The first-order valence-electron chi connectivity index (χ1n) is 6.72. The molecule has 0 radical (unpaired) electrons. The Kier molecular flexibility index (Phi) is 6.26.